The van der Waals surface area contributed by atoms with Gasteiger partial charge in [-0.1, -0.05) is 34.1 Å². The van der Waals surface area contributed by atoms with Crippen molar-refractivity contribution in [1.29, 1.82) is 0 Å². The normalized spacial score (nSPS) is 13.5. The largest absolute Gasteiger partial charge is 0.384 e. The zero-order valence-corrected chi connectivity index (χ0v) is 15.5. The average Bonchev–Trinajstić information content (AvgIpc) is 2.61. The molecule has 1 aromatic heterocycles. The van der Waals surface area contributed by atoms with Crippen LogP contribution in [0.2, 0.25) is 0 Å². The second kappa shape index (κ2) is 8.47. The Balaban J connectivity index is 1.68. The molecule has 2 N–H and O–H groups in total. The molecule has 2 aromatic rings. The van der Waals surface area contributed by atoms with Crippen molar-refractivity contribution in [2.75, 3.05) is 23.7 Å². The van der Waals surface area contributed by atoms with E-state index >= 15 is 0 Å². The lowest BCUT2D eigenvalue weighted by atomic mass is 9.92. The summed E-state index contributed by atoms with van der Waals surface area (Å²) in [6.07, 6.45) is 6.12. The number of hydrogen-bond donors (Lipinski definition) is 2. The number of aryl methyl sites for hydroxylation is 1. The number of carbonyl (C=O) groups excluding carboxylic acids is 1. The highest BCUT2D eigenvalue weighted by molar-refractivity contribution is 9.09. The number of anilines is 1. The standard InChI is InChI=1S/C19H24BrN3O/c20-11-10-18(24)21-12-5-13-22-19-14-6-1-3-8-16(14)23-17-9-4-2-7-15(17)19/h1,3,6,8H,2,4-5,7,9-13H2,(H,21,24)(H,22,23). The minimum absolute atomic E-state index is 0.110. The third kappa shape index (κ3) is 4.07. The average molecular weight is 390 g/mol. The van der Waals surface area contributed by atoms with E-state index in [1.807, 2.05) is 6.07 Å². The van der Waals surface area contributed by atoms with E-state index in [0.717, 1.165) is 31.3 Å². The minimum atomic E-state index is 0.110. The van der Waals surface area contributed by atoms with Crippen molar-refractivity contribution >= 4 is 38.4 Å². The number of fused-ring (bicyclic) bond motifs is 2. The Morgan fingerprint density at radius 3 is 2.88 bits per heavy atom. The number of hydrogen-bond acceptors (Lipinski definition) is 3. The fourth-order valence-electron chi connectivity index (χ4n) is 3.28. The number of halogens is 1. The van der Waals surface area contributed by atoms with E-state index in [2.05, 4.69) is 44.8 Å². The predicted octanol–water partition coefficient (Wildman–Crippen LogP) is 3.82. The number of para-hydroxylation sites is 1. The number of aromatic nitrogens is 1. The van der Waals surface area contributed by atoms with E-state index < -0.39 is 0 Å². The van der Waals surface area contributed by atoms with Gasteiger partial charge in [0, 0.05) is 41.6 Å². The van der Waals surface area contributed by atoms with E-state index in [4.69, 9.17) is 4.98 Å². The molecular weight excluding hydrogens is 366 g/mol. The van der Waals surface area contributed by atoms with Crippen molar-refractivity contribution < 1.29 is 4.79 Å². The van der Waals surface area contributed by atoms with Gasteiger partial charge in [-0.3, -0.25) is 9.78 Å². The lowest BCUT2D eigenvalue weighted by Gasteiger charge is -2.21. The Hall–Kier alpha value is -1.62. The van der Waals surface area contributed by atoms with Gasteiger partial charge in [-0.25, -0.2) is 0 Å². The molecule has 0 radical (unpaired) electrons. The molecule has 0 aliphatic heterocycles. The van der Waals surface area contributed by atoms with Crippen LogP contribution >= 0.6 is 15.9 Å². The van der Waals surface area contributed by atoms with Gasteiger partial charge in [-0.15, -0.1) is 0 Å². The second-order valence-corrected chi connectivity index (χ2v) is 7.00. The van der Waals surface area contributed by atoms with Gasteiger partial charge in [0.1, 0.15) is 0 Å². The van der Waals surface area contributed by atoms with E-state index in [-0.39, 0.29) is 5.91 Å². The maximum Gasteiger partial charge on any atom is 0.220 e. The first-order valence-electron chi connectivity index (χ1n) is 8.76. The third-order valence-corrected chi connectivity index (χ3v) is 4.86. The van der Waals surface area contributed by atoms with Crippen LogP contribution in [0.15, 0.2) is 24.3 Å². The first-order valence-corrected chi connectivity index (χ1v) is 9.89. The summed E-state index contributed by atoms with van der Waals surface area (Å²) in [5.41, 5.74) is 4.98. The lowest BCUT2D eigenvalue weighted by Crippen LogP contribution is -2.26. The van der Waals surface area contributed by atoms with Crippen LogP contribution in [0.4, 0.5) is 5.69 Å². The molecular formula is C19H24BrN3O. The summed E-state index contributed by atoms with van der Waals surface area (Å²) in [6, 6.07) is 8.37. The molecule has 0 saturated carbocycles. The number of alkyl halides is 1. The molecule has 1 aliphatic rings. The third-order valence-electron chi connectivity index (χ3n) is 4.47. The van der Waals surface area contributed by atoms with Crippen LogP contribution in [0.1, 0.15) is 36.9 Å². The Kier molecular flexibility index (Phi) is 6.07. The zero-order chi connectivity index (χ0) is 16.8. The molecule has 1 aliphatic carbocycles. The van der Waals surface area contributed by atoms with Gasteiger partial charge in [0.15, 0.2) is 0 Å². The number of rotatable bonds is 7. The Bertz CT molecular complexity index is 717. The van der Waals surface area contributed by atoms with Gasteiger partial charge in [0.25, 0.3) is 0 Å². The number of nitrogens with zero attached hydrogens (tertiary/aromatic N) is 1. The first kappa shape index (κ1) is 17.2. The molecule has 4 nitrogen and oxygen atoms in total. The van der Waals surface area contributed by atoms with Crippen molar-refractivity contribution in [2.24, 2.45) is 0 Å². The minimum Gasteiger partial charge on any atom is -0.384 e. The number of carbonyl (C=O) groups is 1. The number of pyridine rings is 1. The van der Waals surface area contributed by atoms with Gasteiger partial charge in [-0.05, 0) is 43.7 Å². The Labute approximate surface area is 151 Å². The molecule has 3 rings (SSSR count). The molecule has 0 bridgehead atoms. The van der Waals surface area contributed by atoms with Gasteiger partial charge in [-0.2, -0.15) is 0 Å². The highest BCUT2D eigenvalue weighted by Crippen LogP contribution is 2.33. The van der Waals surface area contributed by atoms with Crippen molar-refractivity contribution in [3.8, 4) is 0 Å². The van der Waals surface area contributed by atoms with Crippen molar-refractivity contribution in [2.45, 2.75) is 38.5 Å². The summed E-state index contributed by atoms with van der Waals surface area (Å²) in [6.45, 7) is 1.57. The maximum atomic E-state index is 11.5. The summed E-state index contributed by atoms with van der Waals surface area (Å²) in [7, 11) is 0. The highest BCUT2D eigenvalue weighted by atomic mass is 79.9. The number of amides is 1. The van der Waals surface area contributed by atoms with Crippen LogP contribution < -0.4 is 10.6 Å². The lowest BCUT2D eigenvalue weighted by molar-refractivity contribution is -0.120. The molecule has 1 aromatic carbocycles. The molecule has 24 heavy (non-hydrogen) atoms. The molecule has 0 atom stereocenters. The number of nitrogens with one attached hydrogen (secondary N) is 2. The summed E-state index contributed by atoms with van der Waals surface area (Å²) in [5, 5.41) is 8.49. The summed E-state index contributed by atoms with van der Waals surface area (Å²) in [5.74, 6) is 0.110. The molecule has 0 fully saturated rings. The van der Waals surface area contributed by atoms with Crippen molar-refractivity contribution in [3.05, 3.63) is 35.5 Å². The van der Waals surface area contributed by atoms with Crippen LogP contribution in [-0.2, 0) is 17.6 Å². The van der Waals surface area contributed by atoms with Crippen molar-refractivity contribution in [1.82, 2.24) is 10.3 Å². The van der Waals surface area contributed by atoms with Crippen LogP contribution in [0.25, 0.3) is 10.9 Å². The van der Waals surface area contributed by atoms with E-state index in [0.29, 0.717) is 18.3 Å². The Morgan fingerprint density at radius 2 is 2.00 bits per heavy atom. The smallest absolute Gasteiger partial charge is 0.220 e. The summed E-state index contributed by atoms with van der Waals surface area (Å²) >= 11 is 3.28. The highest BCUT2D eigenvalue weighted by Gasteiger charge is 2.17. The molecule has 5 heteroatoms. The molecule has 0 unspecified atom stereocenters. The summed E-state index contributed by atoms with van der Waals surface area (Å²) in [4.78, 5) is 16.3. The van der Waals surface area contributed by atoms with Gasteiger partial charge in [0.2, 0.25) is 5.91 Å². The van der Waals surface area contributed by atoms with E-state index in [1.165, 1.54) is 35.2 Å². The quantitative estimate of drug-likeness (QED) is 0.558. The van der Waals surface area contributed by atoms with Gasteiger partial charge in [0.05, 0.1) is 5.52 Å². The molecule has 128 valence electrons. The van der Waals surface area contributed by atoms with E-state index in [1.54, 1.807) is 0 Å². The number of benzene rings is 1. The topological polar surface area (TPSA) is 54.0 Å². The van der Waals surface area contributed by atoms with Crippen LogP contribution in [0.5, 0.6) is 0 Å². The van der Waals surface area contributed by atoms with E-state index in [9.17, 15) is 4.79 Å². The van der Waals surface area contributed by atoms with Crippen molar-refractivity contribution in [3.63, 3.8) is 0 Å². The molecule has 0 saturated heterocycles. The first-order chi connectivity index (χ1) is 11.8. The fraction of sp³-hybridized carbons (Fsp3) is 0.474. The molecule has 1 heterocycles. The van der Waals surface area contributed by atoms with Gasteiger partial charge >= 0.3 is 0 Å². The second-order valence-electron chi connectivity index (χ2n) is 6.21. The fourth-order valence-corrected chi connectivity index (χ4v) is 3.64. The van der Waals surface area contributed by atoms with Crippen LogP contribution in [0, 0.1) is 0 Å². The SMILES string of the molecule is O=C(CCBr)NCCCNc1c2c(nc3ccccc13)CCCC2. The monoisotopic (exact) mass is 389 g/mol. The summed E-state index contributed by atoms with van der Waals surface area (Å²) < 4.78 is 0. The van der Waals surface area contributed by atoms with Crippen LogP contribution in [0.3, 0.4) is 0 Å². The molecule has 1 amide bonds. The zero-order valence-electron chi connectivity index (χ0n) is 13.9. The van der Waals surface area contributed by atoms with Gasteiger partial charge < -0.3 is 10.6 Å². The predicted molar refractivity (Wildman–Crippen MR) is 103 cm³/mol. The van der Waals surface area contributed by atoms with Crippen LogP contribution in [-0.4, -0.2) is 29.3 Å². The molecule has 0 spiro atoms. The maximum absolute atomic E-state index is 11.5. The Morgan fingerprint density at radius 1 is 1.17 bits per heavy atom.